The molecule has 92 valence electrons. The van der Waals surface area contributed by atoms with E-state index < -0.39 is 0 Å². The molecule has 2 aromatic rings. The predicted octanol–water partition coefficient (Wildman–Crippen LogP) is 3.80. The number of benzene rings is 1. The Balaban J connectivity index is 0.000000574. The summed E-state index contributed by atoms with van der Waals surface area (Å²) in [6, 6.07) is 8.71. The standard InChI is InChI=1S/C14H15NS.CHN/c1-2-10-12-8-7-9-5-3-4-6-11(9)13(12)16-14(10)15;1-2/h3-6H,2,7-8,15H2,1H3;1H. The van der Waals surface area contributed by atoms with Crippen LogP contribution in [-0.4, -0.2) is 0 Å². The van der Waals surface area contributed by atoms with Gasteiger partial charge in [-0.05, 0) is 41.5 Å². The molecule has 1 aliphatic rings. The number of nitrogen functional groups attached to an aromatic ring is 1. The zero-order valence-electron chi connectivity index (χ0n) is 10.4. The molecule has 0 fully saturated rings. The lowest BCUT2D eigenvalue weighted by atomic mass is 9.89. The van der Waals surface area contributed by atoms with E-state index in [4.69, 9.17) is 11.0 Å². The maximum absolute atomic E-state index is 6.50. The third kappa shape index (κ3) is 1.89. The number of nitriles is 1. The highest BCUT2D eigenvalue weighted by molar-refractivity contribution is 7.19. The minimum Gasteiger partial charge on any atom is -0.390 e. The van der Waals surface area contributed by atoms with Crippen molar-refractivity contribution >= 4 is 16.3 Å². The number of thiophene rings is 1. The van der Waals surface area contributed by atoms with Gasteiger partial charge in [0.15, 0.2) is 0 Å². The Morgan fingerprint density at radius 3 is 2.72 bits per heavy atom. The SMILES string of the molecule is C#N.CCc1c(N)sc2c1CCc1ccccc1-2. The molecule has 0 saturated heterocycles. The molecule has 0 unspecified atom stereocenters. The van der Waals surface area contributed by atoms with Crippen LogP contribution in [0, 0.1) is 11.8 Å². The topological polar surface area (TPSA) is 49.8 Å². The van der Waals surface area contributed by atoms with Crippen LogP contribution in [0.1, 0.15) is 23.6 Å². The minimum atomic E-state index is 1.02. The van der Waals surface area contributed by atoms with E-state index in [-0.39, 0.29) is 0 Å². The Bertz CT molecular complexity index is 581. The van der Waals surface area contributed by atoms with Crippen LogP contribution in [0.25, 0.3) is 10.4 Å². The molecule has 2 nitrogen and oxygen atoms in total. The summed E-state index contributed by atoms with van der Waals surface area (Å²) in [7, 11) is 0. The summed E-state index contributed by atoms with van der Waals surface area (Å²) in [6.07, 6.45) is 3.37. The average molecular weight is 256 g/mol. The second-order valence-corrected chi connectivity index (χ2v) is 5.32. The molecule has 0 saturated carbocycles. The highest BCUT2D eigenvalue weighted by Crippen LogP contribution is 2.43. The lowest BCUT2D eigenvalue weighted by Gasteiger charge is -2.16. The fourth-order valence-corrected chi connectivity index (χ4v) is 3.88. The number of hydrogen-bond acceptors (Lipinski definition) is 3. The molecule has 18 heavy (non-hydrogen) atoms. The Hall–Kier alpha value is -1.79. The fourth-order valence-electron chi connectivity index (χ4n) is 2.61. The molecule has 0 aliphatic heterocycles. The van der Waals surface area contributed by atoms with Crippen LogP contribution >= 0.6 is 11.3 Å². The minimum absolute atomic E-state index is 1.02. The summed E-state index contributed by atoms with van der Waals surface area (Å²) < 4.78 is 0. The third-order valence-corrected chi connectivity index (χ3v) is 4.54. The number of fused-ring (bicyclic) bond motifs is 3. The molecule has 0 atom stereocenters. The Morgan fingerprint density at radius 2 is 2.00 bits per heavy atom. The van der Waals surface area contributed by atoms with Crippen LogP contribution in [0.15, 0.2) is 24.3 Å². The number of nitrogens with zero attached hydrogens (tertiary/aromatic N) is 1. The van der Waals surface area contributed by atoms with Gasteiger partial charge in [-0.3, -0.25) is 0 Å². The third-order valence-electron chi connectivity index (χ3n) is 3.41. The van der Waals surface area contributed by atoms with E-state index in [1.807, 2.05) is 0 Å². The van der Waals surface area contributed by atoms with Crippen molar-refractivity contribution in [2.45, 2.75) is 26.2 Å². The highest BCUT2D eigenvalue weighted by Gasteiger charge is 2.21. The quantitative estimate of drug-likeness (QED) is 0.843. The molecule has 1 aromatic heterocycles. The van der Waals surface area contributed by atoms with Gasteiger partial charge in [0.1, 0.15) is 0 Å². The van der Waals surface area contributed by atoms with Crippen LogP contribution < -0.4 is 5.73 Å². The van der Waals surface area contributed by atoms with E-state index in [0.29, 0.717) is 0 Å². The molecular formula is C15H16N2S. The van der Waals surface area contributed by atoms with Crippen LogP contribution in [0.3, 0.4) is 0 Å². The van der Waals surface area contributed by atoms with E-state index >= 15 is 0 Å². The van der Waals surface area contributed by atoms with Gasteiger partial charge in [0.25, 0.3) is 0 Å². The molecule has 3 heteroatoms. The maximum atomic E-state index is 6.50. The molecule has 0 bridgehead atoms. The van der Waals surface area contributed by atoms with Gasteiger partial charge in [-0.2, -0.15) is 0 Å². The molecule has 0 radical (unpaired) electrons. The van der Waals surface area contributed by atoms with Gasteiger partial charge in [0.05, 0.1) is 5.00 Å². The van der Waals surface area contributed by atoms with Crippen molar-refractivity contribution in [2.24, 2.45) is 0 Å². The first kappa shape index (κ1) is 12.7. The van der Waals surface area contributed by atoms with E-state index in [2.05, 4.69) is 37.8 Å². The van der Waals surface area contributed by atoms with Crippen molar-refractivity contribution in [3.8, 4) is 17.0 Å². The van der Waals surface area contributed by atoms with Gasteiger partial charge in [0, 0.05) is 11.4 Å². The molecule has 0 spiro atoms. The largest absolute Gasteiger partial charge is 0.390 e. The van der Waals surface area contributed by atoms with Crippen molar-refractivity contribution in [3.63, 3.8) is 0 Å². The number of anilines is 1. The second kappa shape index (κ2) is 5.24. The Morgan fingerprint density at radius 1 is 1.28 bits per heavy atom. The van der Waals surface area contributed by atoms with E-state index in [0.717, 1.165) is 24.3 Å². The van der Waals surface area contributed by atoms with Crippen molar-refractivity contribution < 1.29 is 0 Å². The molecule has 1 aliphatic carbocycles. The second-order valence-electron chi connectivity index (χ2n) is 4.26. The van der Waals surface area contributed by atoms with Crippen LogP contribution in [0.4, 0.5) is 5.00 Å². The van der Waals surface area contributed by atoms with Gasteiger partial charge >= 0.3 is 0 Å². The summed E-state index contributed by atoms with van der Waals surface area (Å²) in [5.41, 5.74) is 11.9. The lowest BCUT2D eigenvalue weighted by Crippen LogP contribution is -2.03. The van der Waals surface area contributed by atoms with Gasteiger partial charge in [-0.1, -0.05) is 31.2 Å². The Labute approximate surface area is 112 Å². The van der Waals surface area contributed by atoms with Crippen LogP contribution in [-0.2, 0) is 19.3 Å². The van der Waals surface area contributed by atoms with Gasteiger partial charge in [-0.25, -0.2) is 5.26 Å². The monoisotopic (exact) mass is 256 g/mol. The number of nitrogens with two attached hydrogens (primary N) is 1. The van der Waals surface area contributed by atoms with E-state index in [9.17, 15) is 0 Å². The molecule has 3 rings (SSSR count). The molecule has 2 N–H and O–H groups in total. The first-order valence-electron chi connectivity index (χ1n) is 6.05. The summed E-state index contributed by atoms with van der Waals surface area (Å²) in [6.45, 7) is 5.69. The lowest BCUT2D eigenvalue weighted by molar-refractivity contribution is 0.926. The van der Waals surface area contributed by atoms with Crippen molar-refractivity contribution in [2.75, 3.05) is 5.73 Å². The van der Waals surface area contributed by atoms with Crippen molar-refractivity contribution in [1.82, 2.24) is 0 Å². The smallest absolute Gasteiger partial charge is 0.0898 e. The summed E-state index contributed by atoms with van der Waals surface area (Å²) in [5, 5.41) is 7.52. The summed E-state index contributed by atoms with van der Waals surface area (Å²) >= 11 is 1.76. The van der Waals surface area contributed by atoms with Crippen LogP contribution in [0.5, 0.6) is 0 Å². The zero-order valence-corrected chi connectivity index (χ0v) is 11.3. The van der Waals surface area contributed by atoms with Gasteiger partial charge in [-0.15, -0.1) is 11.3 Å². The van der Waals surface area contributed by atoms with Crippen molar-refractivity contribution in [3.05, 3.63) is 41.0 Å². The van der Waals surface area contributed by atoms with Gasteiger partial charge < -0.3 is 5.73 Å². The van der Waals surface area contributed by atoms with E-state index in [1.165, 1.54) is 27.1 Å². The molecule has 0 amide bonds. The Kier molecular flexibility index (Phi) is 3.69. The highest BCUT2D eigenvalue weighted by atomic mass is 32.1. The molecular weight excluding hydrogens is 240 g/mol. The molecule has 1 aromatic carbocycles. The normalized spacial score (nSPS) is 11.9. The van der Waals surface area contributed by atoms with Crippen LogP contribution in [0.2, 0.25) is 0 Å². The molecule has 1 heterocycles. The zero-order chi connectivity index (χ0) is 13.1. The van der Waals surface area contributed by atoms with E-state index in [1.54, 1.807) is 11.3 Å². The number of rotatable bonds is 1. The first-order valence-corrected chi connectivity index (χ1v) is 6.87. The first-order chi connectivity index (χ1) is 8.81. The van der Waals surface area contributed by atoms with Gasteiger partial charge in [0.2, 0.25) is 0 Å². The number of aryl methyl sites for hydroxylation is 1. The number of hydrogen-bond donors (Lipinski definition) is 1. The summed E-state index contributed by atoms with van der Waals surface area (Å²) in [4.78, 5) is 1.41. The van der Waals surface area contributed by atoms with Crippen molar-refractivity contribution in [1.29, 1.82) is 5.26 Å². The average Bonchev–Trinajstić information content (AvgIpc) is 2.77. The predicted molar refractivity (Wildman–Crippen MR) is 77.6 cm³/mol. The maximum Gasteiger partial charge on any atom is 0.0898 e. The fraction of sp³-hybridized carbons (Fsp3) is 0.267. The summed E-state index contributed by atoms with van der Waals surface area (Å²) in [5.74, 6) is 0.